The number of hydrogen-bond donors (Lipinski definition) is 0. The minimum Gasteiger partial charge on any atom is -0.435 e. The molecule has 3 aromatic rings. The van der Waals surface area contributed by atoms with E-state index in [2.05, 4.69) is 4.74 Å². The van der Waals surface area contributed by atoms with Gasteiger partial charge in [0.25, 0.3) is 0 Å². The molecular formula is C26H29F3N2O5S. The number of alkyl halides is 3. The van der Waals surface area contributed by atoms with Gasteiger partial charge in [0.2, 0.25) is 0 Å². The predicted octanol–water partition coefficient (Wildman–Crippen LogP) is 5.10. The zero-order chi connectivity index (χ0) is 27.1. The average molecular weight is 539 g/mol. The van der Waals surface area contributed by atoms with Crippen LogP contribution in [0.15, 0.2) is 47.3 Å². The van der Waals surface area contributed by atoms with Gasteiger partial charge in [-0.05, 0) is 62.4 Å². The summed E-state index contributed by atoms with van der Waals surface area (Å²) < 4.78 is 70.5. The maximum Gasteiger partial charge on any atom is 0.387 e. The maximum absolute atomic E-state index is 14.4. The molecule has 11 heteroatoms. The summed E-state index contributed by atoms with van der Waals surface area (Å²) in [4.78, 5) is 26.7. The number of halogens is 3. The minimum absolute atomic E-state index is 0.0401. The second kappa shape index (κ2) is 10.00. The molecule has 2 atom stereocenters. The Labute approximate surface area is 212 Å². The second-order valence-corrected chi connectivity index (χ2v) is 12.4. The highest BCUT2D eigenvalue weighted by atomic mass is 32.2. The van der Waals surface area contributed by atoms with Gasteiger partial charge in [0.05, 0.1) is 34.3 Å². The smallest absolute Gasteiger partial charge is 0.387 e. The Balaban J connectivity index is 1.78. The van der Waals surface area contributed by atoms with E-state index < -0.39 is 39.8 Å². The first-order valence-corrected chi connectivity index (χ1v) is 13.8. The van der Waals surface area contributed by atoms with Crippen molar-refractivity contribution in [2.24, 2.45) is 5.41 Å². The molecule has 4 rings (SSSR count). The van der Waals surface area contributed by atoms with Gasteiger partial charge in [-0.15, -0.1) is 0 Å². The zero-order valence-electron chi connectivity index (χ0n) is 20.8. The number of carbonyl (C=O) groups is 1. The van der Waals surface area contributed by atoms with Crippen molar-refractivity contribution in [1.82, 2.24) is 9.13 Å². The summed E-state index contributed by atoms with van der Waals surface area (Å²) >= 11 is 0. The quantitative estimate of drug-likeness (QED) is 0.373. The number of aromatic nitrogens is 2. The third-order valence-corrected chi connectivity index (χ3v) is 8.84. The Morgan fingerprint density at radius 3 is 2.35 bits per heavy atom. The number of benzene rings is 2. The van der Waals surface area contributed by atoms with E-state index >= 15 is 0 Å². The molecule has 7 nitrogen and oxygen atoms in total. The third-order valence-electron chi connectivity index (χ3n) is 7.19. The van der Waals surface area contributed by atoms with E-state index in [1.807, 2.05) is 6.92 Å². The Hall–Kier alpha value is -3.08. The summed E-state index contributed by atoms with van der Waals surface area (Å²) in [6, 6.07) is 9.44. The van der Waals surface area contributed by atoms with Crippen LogP contribution in [0, 0.1) is 5.41 Å². The topological polar surface area (TPSA) is 87.4 Å². The fourth-order valence-electron chi connectivity index (χ4n) is 4.74. The highest BCUT2D eigenvalue weighted by Crippen LogP contribution is 2.37. The van der Waals surface area contributed by atoms with Gasteiger partial charge in [-0.3, -0.25) is 13.9 Å². The van der Waals surface area contributed by atoms with Crippen LogP contribution < -0.4 is 10.4 Å². The fourth-order valence-corrected chi connectivity index (χ4v) is 6.55. The molecule has 1 fully saturated rings. The summed E-state index contributed by atoms with van der Waals surface area (Å²) in [5.41, 5.74) is 0.217. The van der Waals surface area contributed by atoms with Crippen LogP contribution >= 0.6 is 0 Å². The van der Waals surface area contributed by atoms with E-state index in [1.165, 1.54) is 40.3 Å². The normalized spacial score (nSPS) is 18.6. The third kappa shape index (κ3) is 5.61. The molecule has 0 aliphatic carbocycles. The molecule has 1 aliphatic heterocycles. The number of fused-ring (bicyclic) bond motifs is 1. The first-order chi connectivity index (χ1) is 17.3. The zero-order valence-corrected chi connectivity index (χ0v) is 21.6. The molecule has 1 saturated heterocycles. The number of nitrogens with zero attached hydrogens (tertiary/aromatic N) is 2. The van der Waals surface area contributed by atoms with Crippen LogP contribution in [0.5, 0.6) is 5.75 Å². The van der Waals surface area contributed by atoms with Gasteiger partial charge in [-0.2, -0.15) is 8.78 Å². The lowest BCUT2D eigenvalue weighted by Crippen LogP contribution is -2.33. The van der Waals surface area contributed by atoms with Gasteiger partial charge in [0.1, 0.15) is 21.8 Å². The highest BCUT2D eigenvalue weighted by molar-refractivity contribution is 7.91. The second-order valence-electron chi connectivity index (χ2n) is 10.0. The van der Waals surface area contributed by atoms with Crippen molar-refractivity contribution in [3.8, 4) is 11.4 Å². The van der Waals surface area contributed by atoms with Crippen molar-refractivity contribution in [2.75, 3.05) is 11.5 Å². The van der Waals surface area contributed by atoms with Crippen LogP contribution in [0.4, 0.5) is 13.2 Å². The Kier molecular flexibility index (Phi) is 7.29. The molecule has 0 amide bonds. The Bertz CT molecular complexity index is 1480. The van der Waals surface area contributed by atoms with E-state index in [4.69, 9.17) is 0 Å². The largest absolute Gasteiger partial charge is 0.435 e. The van der Waals surface area contributed by atoms with Crippen molar-refractivity contribution in [3.63, 3.8) is 0 Å². The number of ether oxygens (including phenoxy) is 1. The Morgan fingerprint density at radius 1 is 1.05 bits per heavy atom. The van der Waals surface area contributed by atoms with Crippen LogP contribution in [0.1, 0.15) is 56.4 Å². The summed E-state index contributed by atoms with van der Waals surface area (Å²) in [7, 11) is -3.08. The van der Waals surface area contributed by atoms with Gasteiger partial charge in [0, 0.05) is 18.1 Å². The van der Waals surface area contributed by atoms with Gasteiger partial charge in [-0.1, -0.05) is 13.0 Å². The van der Waals surface area contributed by atoms with Gasteiger partial charge < -0.3 is 4.74 Å². The molecule has 0 spiro atoms. The molecule has 37 heavy (non-hydrogen) atoms. The number of sulfone groups is 1. The molecule has 2 heterocycles. The minimum atomic E-state index is -3.08. The summed E-state index contributed by atoms with van der Waals surface area (Å²) in [6.45, 7) is 1.72. The van der Waals surface area contributed by atoms with Crippen LogP contribution in [0.25, 0.3) is 16.7 Å². The first kappa shape index (κ1) is 27.0. The van der Waals surface area contributed by atoms with Crippen LogP contribution in [0.3, 0.4) is 0 Å². The SMILES string of the molecule is CC(F)[C@@H](C)n1c(=O)n(-c2cccc(OC(F)F)c2)c2ccc(C(=O)CC3(C)CCS(=O)(=O)CC3)cc21. The van der Waals surface area contributed by atoms with Crippen LogP contribution in [-0.4, -0.2) is 47.6 Å². The summed E-state index contributed by atoms with van der Waals surface area (Å²) in [5.74, 6) is -0.262. The monoisotopic (exact) mass is 538 g/mol. The molecule has 1 unspecified atom stereocenters. The standard InChI is InChI=1S/C26H29F3N2O5S/c1-16(27)17(2)30-22-13-18(23(32)15-26(3)9-11-37(34,35)12-10-26)7-8-21(22)31(25(30)33)19-5-4-6-20(14-19)36-24(28)29/h4-8,13-14,16-17,24H,9-12,15H2,1-3H3/t16?,17-/m1/s1. The lowest BCUT2D eigenvalue weighted by molar-refractivity contribution is -0.0498. The predicted molar refractivity (Wildman–Crippen MR) is 134 cm³/mol. The van der Waals surface area contributed by atoms with Crippen molar-refractivity contribution in [2.45, 2.75) is 58.9 Å². The van der Waals surface area contributed by atoms with Crippen molar-refractivity contribution in [1.29, 1.82) is 0 Å². The Morgan fingerprint density at radius 2 is 1.73 bits per heavy atom. The van der Waals surface area contributed by atoms with E-state index in [-0.39, 0.29) is 35.1 Å². The maximum atomic E-state index is 14.4. The number of rotatable bonds is 8. The lowest BCUT2D eigenvalue weighted by Gasteiger charge is -2.32. The number of ketones is 1. The number of hydrogen-bond acceptors (Lipinski definition) is 5. The van der Waals surface area contributed by atoms with Gasteiger partial charge in [-0.25, -0.2) is 17.6 Å². The molecule has 0 N–H and O–H groups in total. The van der Waals surface area contributed by atoms with E-state index in [9.17, 15) is 31.2 Å². The molecule has 0 radical (unpaired) electrons. The van der Waals surface area contributed by atoms with Crippen molar-refractivity contribution >= 4 is 26.7 Å². The highest BCUT2D eigenvalue weighted by Gasteiger charge is 2.35. The van der Waals surface area contributed by atoms with Crippen molar-refractivity contribution in [3.05, 3.63) is 58.5 Å². The number of Topliss-reactive ketones (excluding diaryl/α,β-unsaturated/α-hetero) is 1. The molecule has 1 aliphatic rings. The fraction of sp³-hybridized carbons (Fsp3) is 0.462. The van der Waals surface area contributed by atoms with Crippen molar-refractivity contribution < 1.29 is 31.1 Å². The molecule has 0 saturated carbocycles. The van der Waals surface area contributed by atoms with Crippen LogP contribution in [-0.2, 0) is 9.84 Å². The number of imidazole rings is 1. The van der Waals surface area contributed by atoms with Gasteiger partial charge >= 0.3 is 12.3 Å². The van der Waals surface area contributed by atoms with E-state index in [1.54, 1.807) is 25.1 Å². The molecule has 1 aromatic heterocycles. The van der Waals surface area contributed by atoms with E-state index in [0.29, 0.717) is 29.4 Å². The summed E-state index contributed by atoms with van der Waals surface area (Å²) in [6.07, 6.45) is -0.482. The molecule has 0 bridgehead atoms. The molecule has 2 aromatic carbocycles. The van der Waals surface area contributed by atoms with Crippen LogP contribution in [0.2, 0.25) is 0 Å². The number of carbonyl (C=O) groups excluding carboxylic acids is 1. The molecular weight excluding hydrogens is 509 g/mol. The van der Waals surface area contributed by atoms with Gasteiger partial charge in [0.15, 0.2) is 5.78 Å². The lowest BCUT2D eigenvalue weighted by atomic mass is 9.78. The molecule has 200 valence electrons. The average Bonchev–Trinajstić information content (AvgIpc) is 3.11. The van der Waals surface area contributed by atoms with E-state index in [0.717, 1.165) is 0 Å². The summed E-state index contributed by atoms with van der Waals surface area (Å²) in [5, 5.41) is 0. The first-order valence-electron chi connectivity index (χ1n) is 12.0.